The molecule has 5 nitrogen and oxygen atoms in total. The summed E-state index contributed by atoms with van der Waals surface area (Å²) in [6.45, 7) is 3.34. The van der Waals surface area contributed by atoms with Gasteiger partial charge in [-0.15, -0.1) is 0 Å². The van der Waals surface area contributed by atoms with E-state index >= 15 is 0 Å². The lowest BCUT2D eigenvalue weighted by atomic mass is 9.98. The molecule has 0 radical (unpaired) electrons. The number of carbonyl (C=O) groups is 2. The van der Waals surface area contributed by atoms with Crippen molar-refractivity contribution in [2.24, 2.45) is 0 Å². The van der Waals surface area contributed by atoms with E-state index in [1.807, 2.05) is 5.32 Å². The van der Waals surface area contributed by atoms with Crippen LogP contribution in [0.2, 0.25) is 5.02 Å². The Labute approximate surface area is 185 Å². The molecule has 2 N–H and O–H groups in total. The molecule has 3 aromatic rings. The van der Waals surface area contributed by atoms with Gasteiger partial charge in [0.15, 0.2) is 0 Å². The Hall–Kier alpha value is -3.46. The van der Waals surface area contributed by atoms with Crippen LogP contribution < -0.4 is 10.6 Å². The summed E-state index contributed by atoms with van der Waals surface area (Å²) < 4.78 is 52.2. The second-order valence-electron chi connectivity index (χ2n) is 6.86. The highest BCUT2D eigenvalue weighted by molar-refractivity contribution is 6.34. The quantitative estimate of drug-likeness (QED) is 0.456. The van der Waals surface area contributed by atoms with Gasteiger partial charge in [-0.25, -0.2) is 14.2 Å². The highest BCUT2D eigenvalue weighted by atomic mass is 35.5. The first-order valence-electron chi connectivity index (χ1n) is 9.19. The molecule has 0 atom stereocenters. The molecule has 0 saturated heterocycles. The number of nitrogens with zero attached hydrogens (tertiary/aromatic N) is 1. The van der Waals surface area contributed by atoms with Crippen LogP contribution in [-0.2, 0) is 6.18 Å². The molecule has 0 fully saturated rings. The van der Waals surface area contributed by atoms with Crippen LogP contribution in [0.3, 0.4) is 0 Å². The lowest BCUT2D eigenvalue weighted by Gasteiger charge is -2.14. The van der Waals surface area contributed by atoms with Gasteiger partial charge in [0.25, 0.3) is 5.91 Å². The zero-order chi connectivity index (χ0) is 23.6. The normalized spacial score (nSPS) is 11.2. The Morgan fingerprint density at radius 3 is 2.25 bits per heavy atom. The van der Waals surface area contributed by atoms with Gasteiger partial charge in [-0.05, 0) is 55.3 Å². The summed E-state index contributed by atoms with van der Waals surface area (Å²) in [7, 11) is 0. The van der Waals surface area contributed by atoms with Gasteiger partial charge in [-0.2, -0.15) is 13.2 Å². The van der Waals surface area contributed by atoms with Gasteiger partial charge in [0.05, 0.1) is 16.1 Å². The molecule has 0 aliphatic heterocycles. The lowest BCUT2D eigenvalue weighted by molar-refractivity contribution is -0.137. The topological polar surface area (TPSA) is 71.1 Å². The number of rotatable bonds is 3. The minimum Gasteiger partial charge on any atom is -0.292 e. The van der Waals surface area contributed by atoms with Gasteiger partial charge in [0.2, 0.25) is 0 Å². The van der Waals surface area contributed by atoms with Crippen LogP contribution in [0.15, 0.2) is 48.5 Å². The molecule has 1 aromatic heterocycles. The summed E-state index contributed by atoms with van der Waals surface area (Å²) in [5.41, 5.74) is 0.987. The number of anilines is 1. The molecule has 166 valence electrons. The molecule has 1 heterocycles. The van der Waals surface area contributed by atoms with Gasteiger partial charge in [0, 0.05) is 11.3 Å². The van der Waals surface area contributed by atoms with Crippen LogP contribution in [0.4, 0.5) is 28.2 Å². The van der Waals surface area contributed by atoms with Crippen molar-refractivity contribution >= 4 is 29.4 Å². The Morgan fingerprint density at radius 1 is 1.03 bits per heavy atom. The number of alkyl halides is 3. The van der Waals surface area contributed by atoms with E-state index in [1.54, 1.807) is 13.8 Å². The lowest BCUT2D eigenvalue weighted by Crippen LogP contribution is -2.35. The highest BCUT2D eigenvalue weighted by Crippen LogP contribution is 2.33. The number of carbonyl (C=O) groups excluding carboxylic acids is 2. The van der Waals surface area contributed by atoms with E-state index < -0.39 is 35.1 Å². The molecule has 10 heteroatoms. The Morgan fingerprint density at radius 2 is 1.69 bits per heavy atom. The van der Waals surface area contributed by atoms with E-state index in [9.17, 15) is 27.2 Å². The summed E-state index contributed by atoms with van der Waals surface area (Å²) in [6, 6.07) is 8.86. The zero-order valence-corrected chi connectivity index (χ0v) is 17.5. The molecular weight excluding hydrogens is 450 g/mol. The van der Waals surface area contributed by atoms with Gasteiger partial charge in [-0.1, -0.05) is 29.8 Å². The monoisotopic (exact) mass is 465 g/mol. The predicted octanol–water partition coefficient (Wildman–Crippen LogP) is 6.14. The first-order chi connectivity index (χ1) is 15.0. The molecule has 32 heavy (non-hydrogen) atoms. The minimum atomic E-state index is -4.44. The Kier molecular flexibility index (Phi) is 6.50. The number of amides is 3. The standard InChI is InChI=1S/C22H16ClF4N3O2/c1-11-10-17(29-21(32)30-20(31)19-15(23)4-3-5-16(19)24)28-12(2)18(11)13-6-8-14(9-7-13)22(25,26)27/h3-10H,1-2H3,(H2,28,29,30,31,32). The number of hydrogen-bond acceptors (Lipinski definition) is 3. The van der Waals surface area contributed by atoms with Crippen LogP contribution in [0, 0.1) is 19.7 Å². The average Bonchev–Trinajstić information content (AvgIpc) is 2.67. The zero-order valence-electron chi connectivity index (χ0n) is 16.8. The van der Waals surface area contributed by atoms with Gasteiger partial charge < -0.3 is 0 Å². The molecule has 0 spiro atoms. The van der Waals surface area contributed by atoms with Crippen LogP contribution in [0.1, 0.15) is 27.2 Å². The summed E-state index contributed by atoms with van der Waals surface area (Å²) in [6.07, 6.45) is -4.44. The third-order valence-electron chi connectivity index (χ3n) is 4.56. The van der Waals surface area contributed by atoms with E-state index in [-0.39, 0.29) is 10.8 Å². The predicted molar refractivity (Wildman–Crippen MR) is 112 cm³/mol. The van der Waals surface area contributed by atoms with Crippen LogP contribution >= 0.6 is 11.6 Å². The van der Waals surface area contributed by atoms with Gasteiger partial charge >= 0.3 is 12.2 Å². The Balaban J connectivity index is 1.78. The third kappa shape index (κ3) is 5.05. The fourth-order valence-corrected chi connectivity index (χ4v) is 3.43. The van der Waals surface area contributed by atoms with Crippen molar-refractivity contribution in [3.63, 3.8) is 0 Å². The first-order valence-corrected chi connectivity index (χ1v) is 9.57. The molecule has 3 rings (SSSR count). The van der Waals surface area contributed by atoms with Crippen LogP contribution in [0.25, 0.3) is 11.1 Å². The summed E-state index contributed by atoms with van der Waals surface area (Å²) in [4.78, 5) is 28.6. The molecule has 3 amide bonds. The highest BCUT2D eigenvalue weighted by Gasteiger charge is 2.30. The maximum Gasteiger partial charge on any atom is 0.416 e. The fraction of sp³-hybridized carbons (Fsp3) is 0.136. The number of hydrogen-bond donors (Lipinski definition) is 2. The molecule has 0 aliphatic rings. The summed E-state index contributed by atoms with van der Waals surface area (Å²) in [5, 5.41) is 4.19. The van der Waals surface area contributed by atoms with E-state index in [0.29, 0.717) is 22.4 Å². The van der Waals surface area contributed by atoms with Crippen molar-refractivity contribution < 1.29 is 27.2 Å². The third-order valence-corrected chi connectivity index (χ3v) is 4.87. The first kappa shape index (κ1) is 23.2. The van der Waals surface area contributed by atoms with Crippen molar-refractivity contribution in [3.05, 3.63) is 81.8 Å². The Bertz CT molecular complexity index is 1150. The van der Waals surface area contributed by atoms with Crippen molar-refractivity contribution in [2.75, 3.05) is 5.32 Å². The summed E-state index contributed by atoms with van der Waals surface area (Å²) in [5.74, 6) is -1.81. The fourth-order valence-electron chi connectivity index (χ4n) is 3.19. The molecule has 0 aliphatic carbocycles. The van der Waals surface area contributed by atoms with Crippen LogP contribution in [-0.4, -0.2) is 16.9 Å². The number of urea groups is 1. The number of aromatic nitrogens is 1. The van der Waals surface area contributed by atoms with Crippen molar-refractivity contribution in [3.8, 4) is 11.1 Å². The smallest absolute Gasteiger partial charge is 0.292 e. The molecular formula is C22H16ClF4N3O2. The second-order valence-corrected chi connectivity index (χ2v) is 7.27. The summed E-state index contributed by atoms with van der Waals surface area (Å²) >= 11 is 5.81. The van der Waals surface area contributed by atoms with E-state index in [4.69, 9.17) is 11.6 Å². The number of nitrogens with one attached hydrogen (secondary N) is 2. The molecule has 0 saturated carbocycles. The number of aryl methyl sites for hydroxylation is 2. The molecule has 0 unspecified atom stereocenters. The minimum absolute atomic E-state index is 0.0978. The second kappa shape index (κ2) is 8.96. The van der Waals surface area contributed by atoms with E-state index in [1.165, 1.54) is 30.3 Å². The number of pyridine rings is 1. The maximum absolute atomic E-state index is 13.8. The number of imide groups is 1. The van der Waals surface area contributed by atoms with E-state index in [2.05, 4.69) is 10.3 Å². The SMILES string of the molecule is Cc1cc(NC(=O)NC(=O)c2c(F)cccc2Cl)nc(C)c1-c1ccc(C(F)(F)F)cc1. The number of benzene rings is 2. The number of halogens is 5. The maximum atomic E-state index is 13.8. The van der Waals surface area contributed by atoms with E-state index in [0.717, 1.165) is 18.2 Å². The van der Waals surface area contributed by atoms with Crippen molar-refractivity contribution in [1.29, 1.82) is 0 Å². The molecule has 0 bridgehead atoms. The van der Waals surface area contributed by atoms with Crippen molar-refractivity contribution in [2.45, 2.75) is 20.0 Å². The molecule has 2 aromatic carbocycles. The van der Waals surface area contributed by atoms with Crippen molar-refractivity contribution in [1.82, 2.24) is 10.3 Å². The van der Waals surface area contributed by atoms with Crippen LogP contribution in [0.5, 0.6) is 0 Å². The van der Waals surface area contributed by atoms with Gasteiger partial charge in [0.1, 0.15) is 11.6 Å². The largest absolute Gasteiger partial charge is 0.416 e. The average molecular weight is 466 g/mol. The van der Waals surface area contributed by atoms with Gasteiger partial charge in [-0.3, -0.25) is 15.4 Å².